The fourth-order valence-corrected chi connectivity index (χ4v) is 5.02. The summed E-state index contributed by atoms with van der Waals surface area (Å²) in [6, 6.07) is 9.45. The van der Waals surface area contributed by atoms with Gasteiger partial charge in [0, 0.05) is 24.1 Å². The van der Waals surface area contributed by atoms with Crippen molar-refractivity contribution in [2.45, 2.75) is 71.0 Å². The number of carbonyl (C=O) groups excluding carboxylic acids is 1. The van der Waals surface area contributed by atoms with Crippen molar-refractivity contribution >= 4 is 5.78 Å². The van der Waals surface area contributed by atoms with Crippen LogP contribution in [0.2, 0.25) is 0 Å². The van der Waals surface area contributed by atoms with Gasteiger partial charge in [-0.05, 0) is 49.8 Å². The highest BCUT2D eigenvalue weighted by Gasteiger charge is 2.42. The maximum atomic E-state index is 12.4. The highest BCUT2D eigenvalue weighted by Crippen LogP contribution is 2.41. The highest BCUT2D eigenvalue weighted by atomic mass is 16.1. The Labute approximate surface area is 163 Å². The van der Waals surface area contributed by atoms with Crippen molar-refractivity contribution in [1.82, 2.24) is 10.6 Å². The molecule has 3 unspecified atom stereocenters. The molecule has 3 nitrogen and oxygen atoms in total. The maximum absolute atomic E-state index is 12.4. The van der Waals surface area contributed by atoms with E-state index in [0.717, 1.165) is 17.7 Å². The number of nitrogens with one attached hydrogen (secondary N) is 2. The molecule has 2 aliphatic carbocycles. The van der Waals surface area contributed by atoms with Crippen molar-refractivity contribution in [3.05, 3.63) is 58.8 Å². The van der Waals surface area contributed by atoms with E-state index in [9.17, 15) is 4.79 Å². The van der Waals surface area contributed by atoms with Crippen LogP contribution in [0.3, 0.4) is 0 Å². The van der Waals surface area contributed by atoms with Crippen LogP contribution in [0.4, 0.5) is 0 Å². The third-order valence-electron chi connectivity index (χ3n) is 6.66. The van der Waals surface area contributed by atoms with Crippen LogP contribution in [-0.4, -0.2) is 18.0 Å². The van der Waals surface area contributed by atoms with Crippen molar-refractivity contribution in [3.63, 3.8) is 0 Å². The maximum Gasteiger partial charge on any atom is 0.145 e. The molecule has 0 saturated heterocycles. The van der Waals surface area contributed by atoms with E-state index in [1.807, 2.05) is 6.92 Å². The SMILES string of the molecule is C=C1CC(=O)C(C)C2=C1C(Cc1ccc(C)cc1)C(NC1CCCCC1)N2. The van der Waals surface area contributed by atoms with Crippen LogP contribution < -0.4 is 10.6 Å². The van der Waals surface area contributed by atoms with Gasteiger partial charge in [-0.15, -0.1) is 0 Å². The average molecular weight is 365 g/mol. The fourth-order valence-electron chi connectivity index (χ4n) is 5.02. The second-order valence-electron chi connectivity index (χ2n) is 8.72. The van der Waals surface area contributed by atoms with Crippen molar-refractivity contribution in [2.75, 3.05) is 0 Å². The molecule has 1 saturated carbocycles. The lowest BCUT2D eigenvalue weighted by Gasteiger charge is -2.31. The van der Waals surface area contributed by atoms with E-state index in [1.54, 1.807) is 0 Å². The lowest BCUT2D eigenvalue weighted by atomic mass is 9.78. The molecule has 0 radical (unpaired) electrons. The van der Waals surface area contributed by atoms with Crippen molar-refractivity contribution in [2.24, 2.45) is 11.8 Å². The first-order valence-electron chi connectivity index (χ1n) is 10.6. The van der Waals surface area contributed by atoms with Crippen molar-refractivity contribution in [1.29, 1.82) is 0 Å². The number of allylic oxidation sites excluding steroid dienone is 2. The number of hydrogen-bond donors (Lipinski definition) is 2. The van der Waals surface area contributed by atoms with Crippen LogP contribution in [0.1, 0.15) is 56.6 Å². The van der Waals surface area contributed by atoms with E-state index in [1.165, 1.54) is 48.8 Å². The van der Waals surface area contributed by atoms with E-state index in [2.05, 4.69) is 48.4 Å². The topological polar surface area (TPSA) is 41.1 Å². The normalized spacial score (nSPS) is 29.0. The molecule has 2 N–H and O–H groups in total. The number of aryl methyl sites for hydroxylation is 1. The minimum atomic E-state index is -0.0378. The third kappa shape index (κ3) is 3.75. The van der Waals surface area contributed by atoms with Crippen LogP contribution in [0.25, 0.3) is 0 Å². The summed E-state index contributed by atoms with van der Waals surface area (Å²) in [5, 5.41) is 7.63. The van der Waals surface area contributed by atoms with Gasteiger partial charge < -0.3 is 5.32 Å². The first kappa shape index (κ1) is 18.5. The second kappa shape index (κ2) is 7.63. The zero-order valence-electron chi connectivity index (χ0n) is 16.7. The average Bonchev–Trinajstić information content (AvgIpc) is 3.01. The Bertz CT molecular complexity index is 755. The lowest BCUT2D eigenvalue weighted by Crippen LogP contribution is -2.49. The van der Waals surface area contributed by atoms with E-state index in [4.69, 9.17) is 0 Å². The molecule has 3 aliphatic rings. The van der Waals surface area contributed by atoms with Gasteiger partial charge in [0.05, 0.1) is 12.1 Å². The number of carbonyl (C=O) groups is 1. The van der Waals surface area contributed by atoms with Crippen LogP contribution in [0.15, 0.2) is 47.7 Å². The molecule has 0 aromatic heterocycles. The summed E-state index contributed by atoms with van der Waals surface area (Å²) >= 11 is 0. The van der Waals surface area contributed by atoms with Crippen LogP contribution in [-0.2, 0) is 11.2 Å². The largest absolute Gasteiger partial charge is 0.372 e. The summed E-state index contributed by atoms with van der Waals surface area (Å²) in [5.74, 6) is 0.593. The molecule has 4 rings (SSSR count). The number of Topliss-reactive ketones (excluding diaryl/α,β-unsaturated/α-hetero) is 1. The fraction of sp³-hybridized carbons (Fsp3) is 0.542. The Balaban J connectivity index is 1.61. The van der Waals surface area contributed by atoms with Gasteiger partial charge in [0.15, 0.2) is 0 Å². The summed E-state index contributed by atoms with van der Waals surface area (Å²) in [6.07, 6.45) is 8.21. The Morgan fingerprint density at radius 3 is 2.56 bits per heavy atom. The predicted octanol–water partition coefficient (Wildman–Crippen LogP) is 4.42. The first-order valence-corrected chi connectivity index (χ1v) is 10.6. The van der Waals surface area contributed by atoms with E-state index in [-0.39, 0.29) is 12.1 Å². The molecule has 0 spiro atoms. The summed E-state index contributed by atoms with van der Waals surface area (Å²) in [6.45, 7) is 8.46. The van der Waals surface area contributed by atoms with Crippen molar-refractivity contribution in [3.8, 4) is 0 Å². The summed E-state index contributed by atoms with van der Waals surface area (Å²) in [5.41, 5.74) is 6.11. The molecule has 3 atom stereocenters. The van der Waals surface area contributed by atoms with Gasteiger partial charge in [-0.25, -0.2) is 0 Å². The van der Waals surface area contributed by atoms with Gasteiger partial charge in [0.1, 0.15) is 5.78 Å². The minimum Gasteiger partial charge on any atom is -0.372 e. The standard InChI is InChI=1S/C24H32N2O/c1-15-9-11-18(12-10-15)14-20-22-16(2)13-21(27)17(3)23(22)26-24(20)25-19-7-5-4-6-8-19/h9-12,17,19-20,24-26H,2,4-8,13-14H2,1,3H3. The number of ketones is 1. The van der Waals surface area contributed by atoms with Gasteiger partial charge in [-0.1, -0.05) is 55.7 Å². The Morgan fingerprint density at radius 1 is 1.15 bits per heavy atom. The molecule has 3 heteroatoms. The molecule has 144 valence electrons. The molecular weight excluding hydrogens is 332 g/mol. The quantitative estimate of drug-likeness (QED) is 0.831. The number of benzene rings is 1. The van der Waals surface area contributed by atoms with Gasteiger partial charge >= 0.3 is 0 Å². The van der Waals surface area contributed by atoms with Crippen LogP contribution >= 0.6 is 0 Å². The monoisotopic (exact) mass is 364 g/mol. The van der Waals surface area contributed by atoms with E-state index in [0.29, 0.717) is 24.2 Å². The van der Waals surface area contributed by atoms with Gasteiger partial charge in [0.2, 0.25) is 0 Å². The molecule has 1 fully saturated rings. The molecule has 1 aliphatic heterocycles. The number of hydrogen-bond acceptors (Lipinski definition) is 3. The molecule has 0 amide bonds. The lowest BCUT2D eigenvalue weighted by molar-refractivity contribution is -0.121. The Hall–Kier alpha value is -1.87. The minimum absolute atomic E-state index is 0.0378. The Morgan fingerprint density at radius 2 is 1.85 bits per heavy atom. The van der Waals surface area contributed by atoms with Gasteiger partial charge in [0.25, 0.3) is 0 Å². The molecule has 27 heavy (non-hydrogen) atoms. The molecule has 1 heterocycles. The van der Waals surface area contributed by atoms with Gasteiger partial charge in [-0.2, -0.15) is 0 Å². The van der Waals surface area contributed by atoms with E-state index >= 15 is 0 Å². The predicted molar refractivity (Wildman–Crippen MR) is 110 cm³/mol. The van der Waals surface area contributed by atoms with Crippen molar-refractivity contribution < 1.29 is 4.79 Å². The summed E-state index contributed by atoms with van der Waals surface area (Å²) in [7, 11) is 0. The number of rotatable bonds is 4. The van der Waals surface area contributed by atoms with Gasteiger partial charge in [-0.3, -0.25) is 10.1 Å². The summed E-state index contributed by atoms with van der Waals surface area (Å²) < 4.78 is 0. The highest BCUT2D eigenvalue weighted by molar-refractivity contribution is 5.89. The Kier molecular flexibility index (Phi) is 5.23. The van der Waals surface area contributed by atoms with Crippen LogP contribution in [0.5, 0.6) is 0 Å². The molecule has 1 aromatic rings. The second-order valence-corrected chi connectivity index (χ2v) is 8.72. The first-order chi connectivity index (χ1) is 13.0. The molecule has 1 aromatic carbocycles. The zero-order chi connectivity index (χ0) is 19.0. The van der Waals surface area contributed by atoms with Crippen LogP contribution in [0, 0.1) is 18.8 Å². The molecular formula is C24H32N2O. The zero-order valence-corrected chi connectivity index (χ0v) is 16.7. The smallest absolute Gasteiger partial charge is 0.145 e. The van der Waals surface area contributed by atoms with E-state index < -0.39 is 0 Å². The summed E-state index contributed by atoms with van der Waals surface area (Å²) in [4.78, 5) is 12.4. The third-order valence-corrected chi connectivity index (χ3v) is 6.66. The molecule has 0 bridgehead atoms.